The van der Waals surface area contributed by atoms with Gasteiger partial charge in [0.25, 0.3) is 5.91 Å². The summed E-state index contributed by atoms with van der Waals surface area (Å²) in [4.78, 5) is 21.2. The van der Waals surface area contributed by atoms with Crippen molar-refractivity contribution in [1.29, 1.82) is 0 Å². The first-order valence-corrected chi connectivity index (χ1v) is 8.86. The van der Waals surface area contributed by atoms with Crippen LogP contribution in [-0.4, -0.2) is 25.7 Å². The maximum absolute atomic E-state index is 12.5. The van der Waals surface area contributed by atoms with Gasteiger partial charge < -0.3 is 5.32 Å². The van der Waals surface area contributed by atoms with Crippen LogP contribution >= 0.6 is 0 Å². The second-order valence-corrected chi connectivity index (χ2v) is 6.74. The molecule has 1 N–H and O–H groups in total. The molecule has 0 bridgehead atoms. The maximum atomic E-state index is 12.5. The van der Waals surface area contributed by atoms with Crippen molar-refractivity contribution in [3.05, 3.63) is 70.9 Å². The van der Waals surface area contributed by atoms with Gasteiger partial charge in [-0.05, 0) is 62.9 Å². The standard InChI is InChI=1S/C20H21N5O/c1-13-10-14(2)23-19(11-13)25-18-8-5-7-16(15(18)12-22-25)24-20(26)17-6-3-4-9-21-17/h3-4,6,9-12,16H,5,7-8H2,1-2H3,(H,24,26). The highest BCUT2D eigenvalue weighted by Gasteiger charge is 2.27. The minimum absolute atomic E-state index is 0.0482. The Bertz CT molecular complexity index is 928. The van der Waals surface area contributed by atoms with E-state index in [2.05, 4.69) is 33.4 Å². The third kappa shape index (κ3) is 3.10. The summed E-state index contributed by atoms with van der Waals surface area (Å²) in [5.41, 5.74) is 4.76. The fourth-order valence-electron chi connectivity index (χ4n) is 3.56. The molecule has 0 aliphatic heterocycles. The molecule has 1 unspecified atom stereocenters. The van der Waals surface area contributed by atoms with Crippen molar-refractivity contribution >= 4 is 5.91 Å². The Labute approximate surface area is 152 Å². The van der Waals surface area contributed by atoms with Crippen molar-refractivity contribution in [3.63, 3.8) is 0 Å². The van der Waals surface area contributed by atoms with Crippen LogP contribution in [0.15, 0.2) is 42.7 Å². The highest BCUT2D eigenvalue weighted by atomic mass is 16.1. The lowest BCUT2D eigenvalue weighted by molar-refractivity contribution is 0.0927. The predicted octanol–water partition coefficient (Wildman–Crippen LogP) is 3.09. The van der Waals surface area contributed by atoms with Crippen LogP contribution in [0, 0.1) is 13.8 Å². The molecule has 6 heteroatoms. The molecule has 0 spiro atoms. The number of hydrogen-bond donors (Lipinski definition) is 1. The molecule has 3 aromatic rings. The lowest BCUT2D eigenvalue weighted by atomic mass is 9.93. The Morgan fingerprint density at radius 1 is 1.27 bits per heavy atom. The van der Waals surface area contributed by atoms with Crippen LogP contribution in [0.1, 0.15) is 51.9 Å². The number of rotatable bonds is 3. The first kappa shape index (κ1) is 16.4. The number of carbonyl (C=O) groups excluding carboxylic acids is 1. The molecule has 26 heavy (non-hydrogen) atoms. The van der Waals surface area contributed by atoms with E-state index in [1.165, 1.54) is 0 Å². The number of hydrogen-bond acceptors (Lipinski definition) is 4. The summed E-state index contributed by atoms with van der Waals surface area (Å²) in [6.07, 6.45) is 6.32. The van der Waals surface area contributed by atoms with E-state index < -0.39 is 0 Å². The molecule has 1 aliphatic rings. The van der Waals surface area contributed by atoms with Gasteiger partial charge in [0.2, 0.25) is 0 Å². The minimum Gasteiger partial charge on any atom is -0.344 e. The average Bonchev–Trinajstić information content (AvgIpc) is 3.07. The molecule has 0 aromatic carbocycles. The SMILES string of the molecule is Cc1cc(C)nc(-n2ncc3c2CCCC3NC(=O)c2ccccn2)c1. The molecule has 6 nitrogen and oxygen atoms in total. The molecular weight excluding hydrogens is 326 g/mol. The molecule has 0 fully saturated rings. The van der Waals surface area contributed by atoms with Crippen molar-refractivity contribution in [2.75, 3.05) is 0 Å². The van der Waals surface area contributed by atoms with Gasteiger partial charge in [0.05, 0.1) is 17.9 Å². The van der Waals surface area contributed by atoms with Crippen molar-refractivity contribution < 1.29 is 4.79 Å². The Kier molecular flexibility index (Phi) is 4.24. The zero-order chi connectivity index (χ0) is 18.1. The zero-order valence-corrected chi connectivity index (χ0v) is 14.9. The molecule has 0 radical (unpaired) electrons. The summed E-state index contributed by atoms with van der Waals surface area (Å²) in [6.45, 7) is 4.05. The highest BCUT2D eigenvalue weighted by Crippen LogP contribution is 2.31. The fraction of sp³-hybridized carbons (Fsp3) is 0.300. The summed E-state index contributed by atoms with van der Waals surface area (Å²) >= 11 is 0. The van der Waals surface area contributed by atoms with Gasteiger partial charge in [-0.2, -0.15) is 5.10 Å². The van der Waals surface area contributed by atoms with Crippen LogP contribution in [0.5, 0.6) is 0 Å². The number of nitrogens with one attached hydrogen (secondary N) is 1. The van der Waals surface area contributed by atoms with Crippen LogP contribution in [0.25, 0.3) is 5.82 Å². The maximum Gasteiger partial charge on any atom is 0.270 e. The number of nitrogens with zero attached hydrogens (tertiary/aromatic N) is 4. The predicted molar refractivity (Wildman–Crippen MR) is 98.2 cm³/mol. The lowest BCUT2D eigenvalue weighted by Crippen LogP contribution is -2.31. The molecule has 1 atom stereocenters. The van der Waals surface area contributed by atoms with E-state index in [1.54, 1.807) is 18.3 Å². The van der Waals surface area contributed by atoms with E-state index in [1.807, 2.05) is 29.9 Å². The van der Waals surface area contributed by atoms with Crippen LogP contribution < -0.4 is 5.32 Å². The molecule has 132 valence electrons. The molecule has 0 saturated heterocycles. The molecule has 1 amide bonds. The summed E-state index contributed by atoms with van der Waals surface area (Å²) in [5.74, 6) is 0.682. The largest absolute Gasteiger partial charge is 0.344 e. The van der Waals surface area contributed by atoms with E-state index in [4.69, 9.17) is 0 Å². The number of pyridine rings is 2. The highest BCUT2D eigenvalue weighted by molar-refractivity contribution is 5.92. The summed E-state index contributed by atoms with van der Waals surface area (Å²) < 4.78 is 1.91. The molecule has 0 saturated carbocycles. The number of carbonyl (C=O) groups is 1. The van der Waals surface area contributed by atoms with E-state index in [0.29, 0.717) is 5.69 Å². The number of aromatic nitrogens is 4. The molecule has 3 aromatic heterocycles. The zero-order valence-electron chi connectivity index (χ0n) is 14.9. The van der Waals surface area contributed by atoms with Crippen molar-refractivity contribution in [3.8, 4) is 5.82 Å². The summed E-state index contributed by atoms with van der Waals surface area (Å²) in [6, 6.07) is 9.38. The summed E-state index contributed by atoms with van der Waals surface area (Å²) in [7, 11) is 0. The Hall–Kier alpha value is -3.02. The third-order valence-corrected chi connectivity index (χ3v) is 4.69. The number of amides is 1. The lowest BCUT2D eigenvalue weighted by Gasteiger charge is -2.24. The van der Waals surface area contributed by atoms with Gasteiger partial charge in [0, 0.05) is 17.5 Å². The van der Waals surface area contributed by atoms with Crippen molar-refractivity contribution in [2.45, 2.75) is 39.2 Å². The van der Waals surface area contributed by atoms with Gasteiger partial charge in [-0.1, -0.05) is 6.07 Å². The van der Waals surface area contributed by atoms with Gasteiger partial charge in [0.1, 0.15) is 5.69 Å². The van der Waals surface area contributed by atoms with E-state index in [9.17, 15) is 4.79 Å². The van der Waals surface area contributed by atoms with Crippen LogP contribution in [0.2, 0.25) is 0 Å². The smallest absolute Gasteiger partial charge is 0.270 e. The molecule has 1 aliphatic carbocycles. The van der Waals surface area contributed by atoms with Crippen LogP contribution in [0.3, 0.4) is 0 Å². The normalized spacial score (nSPS) is 16.2. The Balaban J connectivity index is 1.64. The first-order chi connectivity index (χ1) is 12.6. The fourth-order valence-corrected chi connectivity index (χ4v) is 3.56. The van der Waals surface area contributed by atoms with Crippen LogP contribution in [-0.2, 0) is 6.42 Å². The number of aryl methyl sites for hydroxylation is 2. The second kappa shape index (κ2) is 6.71. The van der Waals surface area contributed by atoms with Gasteiger partial charge in [-0.3, -0.25) is 9.78 Å². The minimum atomic E-state index is -0.152. The number of fused-ring (bicyclic) bond motifs is 1. The Morgan fingerprint density at radius 3 is 2.92 bits per heavy atom. The molecular formula is C20H21N5O. The third-order valence-electron chi connectivity index (χ3n) is 4.69. The topological polar surface area (TPSA) is 72.7 Å². The monoisotopic (exact) mass is 347 g/mol. The van der Waals surface area contributed by atoms with Gasteiger partial charge in [-0.25, -0.2) is 9.67 Å². The molecule has 4 rings (SSSR count). The average molecular weight is 347 g/mol. The van der Waals surface area contributed by atoms with Gasteiger partial charge in [0.15, 0.2) is 5.82 Å². The van der Waals surface area contributed by atoms with E-state index in [0.717, 1.165) is 47.6 Å². The molecule has 3 heterocycles. The van der Waals surface area contributed by atoms with Crippen LogP contribution in [0.4, 0.5) is 0 Å². The summed E-state index contributed by atoms with van der Waals surface area (Å²) in [5, 5.41) is 7.67. The van der Waals surface area contributed by atoms with Gasteiger partial charge >= 0.3 is 0 Å². The first-order valence-electron chi connectivity index (χ1n) is 8.86. The van der Waals surface area contributed by atoms with E-state index >= 15 is 0 Å². The second-order valence-electron chi connectivity index (χ2n) is 6.74. The van der Waals surface area contributed by atoms with E-state index in [-0.39, 0.29) is 11.9 Å². The van der Waals surface area contributed by atoms with Crippen molar-refractivity contribution in [2.24, 2.45) is 0 Å². The Morgan fingerprint density at radius 2 is 2.15 bits per heavy atom. The van der Waals surface area contributed by atoms with Gasteiger partial charge in [-0.15, -0.1) is 0 Å². The quantitative estimate of drug-likeness (QED) is 0.790. The van der Waals surface area contributed by atoms with Crippen molar-refractivity contribution in [1.82, 2.24) is 25.1 Å².